The summed E-state index contributed by atoms with van der Waals surface area (Å²) in [7, 11) is 1.41. The van der Waals surface area contributed by atoms with Crippen molar-refractivity contribution in [2.24, 2.45) is 17.8 Å². The van der Waals surface area contributed by atoms with Gasteiger partial charge in [0.2, 0.25) is 0 Å². The number of hydrogen-bond donors (Lipinski definition) is 0. The summed E-state index contributed by atoms with van der Waals surface area (Å²) in [5.74, 6) is 0.407. The van der Waals surface area contributed by atoms with Crippen LogP contribution in [0.25, 0.3) is 0 Å². The lowest BCUT2D eigenvalue weighted by Gasteiger charge is -2.24. The highest BCUT2D eigenvalue weighted by Crippen LogP contribution is 2.44. The second-order valence-electron chi connectivity index (χ2n) is 6.52. The van der Waals surface area contributed by atoms with Crippen molar-refractivity contribution in [3.8, 4) is 0 Å². The van der Waals surface area contributed by atoms with Crippen molar-refractivity contribution in [2.75, 3.05) is 20.2 Å². The maximum Gasteiger partial charge on any atom is 0.410 e. The molecule has 0 aromatic heterocycles. The van der Waals surface area contributed by atoms with E-state index >= 15 is 0 Å². The number of carbonyl (C=O) groups is 2. The average molecular weight is 269 g/mol. The lowest BCUT2D eigenvalue weighted by Crippen LogP contribution is -2.36. The minimum absolute atomic E-state index is 0.190. The van der Waals surface area contributed by atoms with Gasteiger partial charge in [0.25, 0.3) is 0 Å². The first-order valence-electron chi connectivity index (χ1n) is 6.87. The zero-order valence-electron chi connectivity index (χ0n) is 12.1. The first-order valence-corrected chi connectivity index (χ1v) is 6.87. The first-order chi connectivity index (χ1) is 8.81. The lowest BCUT2D eigenvalue weighted by atomic mass is 9.92. The van der Waals surface area contributed by atoms with Gasteiger partial charge in [-0.2, -0.15) is 0 Å². The molecule has 0 aromatic carbocycles. The second kappa shape index (κ2) is 5.02. The molecule has 0 bridgehead atoms. The van der Waals surface area contributed by atoms with Gasteiger partial charge in [0.05, 0.1) is 13.0 Å². The van der Waals surface area contributed by atoms with E-state index in [1.165, 1.54) is 7.11 Å². The fraction of sp³-hybridized carbons (Fsp3) is 0.857. The highest BCUT2D eigenvalue weighted by atomic mass is 16.6. The van der Waals surface area contributed by atoms with Crippen molar-refractivity contribution in [1.82, 2.24) is 4.90 Å². The summed E-state index contributed by atoms with van der Waals surface area (Å²) in [5, 5.41) is 0. The Bertz CT molecular complexity index is 370. The summed E-state index contributed by atoms with van der Waals surface area (Å²) >= 11 is 0. The molecule has 0 spiro atoms. The van der Waals surface area contributed by atoms with E-state index in [1.807, 2.05) is 20.8 Å². The molecule has 0 unspecified atom stereocenters. The van der Waals surface area contributed by atoms with Gasteiger partial charge < -0.3 is 14.4 Å². The van der Waals surface area contributed by atoms with E-state index in [9.17, 15) is 9.59 Å². The van der Waals surface area contributed by atoms with E-state index in [0.717, 1.165) is 12.8 Å². The highest BCUT2D eigenvalue weighted by Gasteiger charge is 2.48. The van der Waals surface area contributed by atoms with E-state index in [-0.39, 0.29) is 23.9 Å². The van der Waals surface area contributed by atoms with Crippen LogP contribution in [0.1, 0.15) is 33.6 Å². The lowest BCUT2D eigenvalue weighted by molar-refractivity contribution is -0.146. The molecule has 0 radical (unpaired) electrons. The van der Waals surface area contributed by atoms with Crippen LogP contribution >= 0.6 is 0 Å². The van der Waals surface area contributed by atoms with E-state index in [0.29, 0.717) is 19.0 Å². The van der Waals surface area contributed by atoms with Crippen LogP contribution in [0.3, 0.4) is 0 Å². The third kappa shape index (κ3) is 3.39. The molecule has 5 nitrogen and oxygen atoms in total. The number of rotatable bonds is 2. The Kier molecular flexibility index (Phi) is 3.74. The predicted octanol–water partition coefficient (Wildman–Crippen LogP) is 2.05. The molecular weight excluding hydrogens is 246 g/mol. The number of hydrogen-bond acceptors (Lipinski definition) is 4. The van der Waals surface area contributed by atoms with E-state index in [2.05, 4.69) is 0 Å². The van der Waals surface area contributed by atoms with Crippen molar-refractivity contribution >= 4 is 12.1 Å². The van der Waals surface area contributed by atoms with E-state index in [1.54, 1.807) is 4.90 Å². The predicted molar refractivity (Wildman–Crippen MR) is 69.5 cm³/mol. The number of amides is 1. The van der Waals surface area contributed by atoms with Gasteiger partial charge in [-0.3, -0.25) is 4.79 Å². The summed E-state index contributed by atoms with van der Waals surface area (Å²) < 4.78 is 10.2. The molecule has 108 valence electrons. The summed E-state index contributed by atoms with van der Waals surface area (Å²) in [6, 6.07) is 0. The summed E-state index contributed by atoms with van der Waals surface area (Å²) in [6.07, 6.45) is 1.98. The maximum atomic E-state index is 12.1. The fourth-order valence-electron chi connectivity index (χ4n) is 2.71. The smallest absolute Gasteiger partial charge is 0.410 e. The SMILES string of the molecule is COC(=O)[C@@H]1CN(C(=O)OC(C)(C)C)C[C@H]1C1CC1. The highest BCUT2D eigenvalue weighted by molar-refractivity contribution is 5.76. The molecule has 2 rings (SSSR count). The van der Waals surface area contributed by atoms with Crippen LogP contribution in [0.4, 0.5) is 4.79 Å². The maximum absolute atomic E-state index is 12.1. The van der Waals surface area contributed by atoms with Crippen molar-refractivity contribution in [2.45, 2.75) is 39.2 Å². The third-order valence-electron chi connectivity index (χ3n) is 3.75. The van der Waals surface area contributed by atoms with Crippen LogP contribution in [-0.2, 0) is 14.3 Å². The van der Waals surface area contributed by atoms with Crippen molar-refractivity contribution < 1.29 is 19.1 Å². The number of esters is 1. The first kappa shape index (κ1) is 14.2. The number of likely N-dealkylation sites (tertiary alicyclic amines) is 1. The molecule has 2 fully saturated rings. The van der Waals surface area contributed by atoms with Crippen LogP contribution in [0.5, 0.6) is 0 Å². The standard InChI is InChI=1S/C14H23NO4/c1-14(2,3)19-13(17)15-7-10(9-5-6-9)11(8-15)12(16)18-4/h9-11H,5-8H2,1-4H3/t10-,11+/m0/s1. The largest absolute Gasteiger partial charge is 0.469 e. The normalized spacial score (nSPS) is 27.3. The quantitative estimate of drug-likeness (QED) is 0.720. The molecule has 0 N–H and O–H groups in total. The van der Waals surface area contributed by atoms with Gasteiger partial charge in [-0.1, -0.05) is 0 Å². The monoisotopic (exact) mass is 269 g/mol. The van der Waals surface area contributed by atoms with Crippen molar-refractivity contribution in [1.29, 1.82) is 0 Å². The molecule has 1 saturated carbocycles. The number of methoxy groups -OCH3 is 1. The molecule has 1 aliphatic heterocycles. The molecule has 5 heteroatoms. The Morgan fingerprint density at radius 3 is 2.26 bits per heavy atom. The van der Waals surface area contributed by atoms with Crippen LogP contribution in [0.2, 0.25) is 0 Å². The molecule has 2 aliphatic rings. The third-order valence-corrected chi connectivity index (χ3v) is 3.75. The van der Waals surface area contributed by atoms with Gasteiger partial charge in [0.15, 0.2) is 0 Å². The molecule has 1 saturated heterocycles. The fourth-order valence-corrected chi connectivity index (χ4v) is 2.71. The zero-order chi connectivity index (χ0) is 14.2. The molecule has 0 aromatic rings. The topological polar surface area (TPSA) is 55.8 Å². The number of ether oxygens (including phenoxy) is 2. The van der Waals surface area contributed by atoms with Gasteiger partial charge in [0, 0.05) is 13.1 Å². The molecule has 19 heavy (non-hydrogen) atoms. The Balaban J connectivity index is 2.01. The molecule has 1 amide bonds. The van der Waals surface area contributed by atoms with Gasteiger partial charge in [-0.25, -0.2) is 4.79 Å². The van der Waals surface area contributed by atoms with Crippen LogP contribution in [0, 0.1) is 17.8 Å². The van der Waals surface area contributed by atoms with Gasteiger partial charge in [-0.05, 0) is 45.4 Å². The minimum Gasteiger partial charge on any atom is -0.469 e. The van der Waals surface area contributed by atoms with Crippen LogP contribution in [0.15, 0.2) is 0 Å². The van der Waals surface area contributed by atoms with Crippen molar-refractivity contribution in [3.05, 3.63) is 0 Å². The van der Waals surface area contributed by atoms with E-state index in [4.69, 9.17) is 9.47 Å². The Morgan fingerprint density at radius 1 is 1.16 bits per heavy atom. The summed E-state index contributed by atoms with van der Waals surface area (Å²) in [5.41, 5.74) is -0.504. The second-order valence-corrected chi connectivity index (χ2v) is 6.52. The summed E-state index contributed by atoms with van der Waals surface area (Å²) in [4.78, 5) is 25.5. The van der Waals surface area contributed by atoms with Crippen LogP contribution < -0.4 is 0 Å². The number of carbonyl (C=O) groups excluding carboxylic acids is 2. The Morgan fingerprint density at radius 2 is 1.79 bits per heavy atom. The molecule has 1 heterocycles. The average Bonchev–Trinajstić information content (AvgIpc) is 3.05. The van der Waals surface area contributed by atoms with Gasteiger partial charge in [0.1, 0.15) is 5.60 Å². The van der Waals surface area contributed by atoms with Gasteiger partial charge in [-0.15, -0.1) is 0 Å². The molecule has 1 aliphatic carbocycles. The summed E-state index contributed by atoms with van der Waals surface area (Å²) in [6.45, 7) is 6.56. The molecular formula is C14H23NO4. The van der Waals surface area contributed by atoms with Crippen LogP contribution in [-0.4, -0.2) is 42.8 Å². The zero-order valence-corrected chi connectivity index (χ0v) is 12.1. The minimum atomic E-state index is -0.504. The Labute approximate surface area is 114 Å². The van der Waals surface area contributed by atoms with E-state index < -0.39 is 5.60 Å². The Hall–Kier alpha value is -1.26. The number of nitrogens with zero attached hydrogens (tertiary/aromatic N) is 1. The van der Waals surface area contributed by atoms with Gasteiger partial charge >= 0.3 is 12.1 Å². The van der Waals surface area contributed by atoms with Crippen molar-refractivity contribution in [3.63, 3.8) is 0 Å². The molecule has 2 atom stereocenters.